The molecule has 25 heavy (non-hydrogen) atoms. The second-order valence-corrected chi connectivity index (χ2v) is 6.20. The fourth-order valence-corrected chi connectivity index (χ4v) is 3.05. The molecule has 3 heteroatoms. The topological polar surface area (TPSA) is 32.3 Å². The molecule has 1 amide bonds. The quantitative estimate of drug-likeness (QED) is 0.828. The molecule has 0 atom stereocenters. The molecule has 1 fully saturated rings. The number of amides is 1. The summed E-state index contributed by atoms with van der Waals surface area (Å²) in [6.45, 7) is 2.02. The van der Waals surface area contributed by atoms with Crippen molar-refractivity contribution in [3.8, 4) is 0 Å². The normalized spacial score (nSPS) is 15.4. The first kappa shape index (κ1) is 17.0. The summed E-state index contributed by atoms with van der Waals surface area (Å²) in [5, 5.41) is 2.85. The van der Waals surface area contributed by atoms with Crippen LogP contribution in [-0.2, 0) is 4.79 Å². The number of hydrogen-bond donors (Lipinski definition) is 1. The molecule has 128 valence electrons. The molecule has 2 aromatic rings. The predicted octanol–water partition coefficient (Wildman–Crippen LogP) is 4.30. The molecule has 0 aromatic heterocycles. The fourth-order valence-electron chi connectivity index (χ4n) is 3.05. The van der Waals surface area contributed by atoms with Crippen molar-refractivity contribution < 1.29 is 4.79 Å². The summed E-state index contributed by atoms with van der Waals surface area (Å²) in [6, 6.07) is 20.1. The molecule has 2 aromatic carbocycles. The molecular weight excluding hydrogens is 308 g/mol. The molecule has 3 nitrogen and oxygen atoms in total. The number of carbonyl (C=O) groups is 1. The minimum Gasteiger partial charge on any atom is -0.371 e. The molecule has 0 spiro atoms. The maximum Gasteiger partial charge on any atom is 0.250 e. The van der Waals surface area contributed by atoms with Gasteiger partial charge in [-0.05, 0) is 36.5 Å². The van der Waals surface area contributed by atoms with Crippen molar-refractivity contribution in [1.29, 1.82) is 0 Å². The highest BCUT2D eigenvalue weighted by atomic mass is 16.1. The largest absolute Gasteiger partial charge is 0.371 e. The highest BCUT2D eigenvalue weighted by Crippen LogP contribution is 2.23. The van der Waals surface area contributed by atoms with E-state index < -0.39 is 0 Å². The van der Waals surface area contributed by atoms with E-state index in [1.165, 1.54) is 19.3 Å². The Bertz CT molecular complexity index is 729. The second kappa shape index (κ2) is 8.88. The number of nitrogens with zero attached hydrogens (tertiary/aromatic N) is 1. The van der Waals surface area contributed by atoms with E-state index in [4.69, 9.17) is 0 Å². The van der Waals surface area contributed by atoms with Gasteiger partial charge in [-0.25, -0.2) is 0 Å². The zero-order valence-corrected chi connectivity index (χ0v) is 14.4. The van der Waals surface area contributed by atoms with Gasteiger partial charge in [0.25, 0.3) is 0 Å². The lowest BCUT2D eigenvalue weighted by atomic mass is 10.1. The molecule has 3 rings (SSSR count). The lowest BCUT2D eigenvalue weighted by Crippen LogP contribution is -2.29. The van der Waals surface area contributed by atoms with E-state index in [1.54, 1.807) is 12.3 Å². The van der Waals surface area contributed by atoms with Crippen molar-refractivity contribution in [3.05, 3.63) is 84.1 Å². The Balaban J connectivity index is 1.73. The molecule has 1 saturated heterocycles. The van der Waals surface area contributed by atoms with Crippen molar-refractivity contribution in [2.24, 2.45) is 0 Å². The second-order valence-electron chi connectivity index (χ2n) is 6.20. The van der Waals surface area contributed by atoms with E-state index in [0.717, 1.165) is 29.9 Å². The van der Waals surface area contributed by atoms with Crippen molar-refractivity contribution in [3.63, 3.8) is 0 Å². The van der Waals surface area contributed by atoms with Crippen molar-refractivity contribution in [2.75, 3.05) is 13.1 Å². The van der Waals surface area contributed by atoms with Gasteiger partial charge < -0.3 is 10.2 Å². The summed E-state index contributed by atoms with van der Waals surface area (Å²) < 4.78 is 0. The molecular formula is C22H24N2O. The Kier molecular flexibility index (Phi) is 6.05. The van der Waals surface area contributed by atoms with Gasteiger partial charge in [-0.2, -0.15) is 0 Å². The number of piperidine rings is 1. The van der Waals surface area contributed by atoms with Crippen LogP contribution in [0, 0.1) is 0 Å². The molecule has 1 heterocycles. The van der Waals surface area contributed by atoms with Gasteiger partial charge in [0.2, 0.25) is 5.91 Å². The van der Waals surface area contributed by atoms with Crippen LogP contribution in [0.4, 0.5) is 0 Å². The first-order valence-electron chi connectivity index (χ1n) is 8.87. The number of rotatable bonds is 5. The summed E-state index contributed by atoms with van der Waals surface area (Å²) in [5.41, 5.74) is 3.16. The number of benzene rings is 2. The monoisotopic (exact) mass is 332 g/mol. The van der Waals surface area contributed by atoms with Crippen LogP contribution in [0.15, 0.2) is 72.9 Å². The molecule has 0 bridgehead atoms. The Labute approximate surface area is 149 Å². The lowest BCUT2D eigenvalue weighted by molar-refractivity contribution is -0.115. The third-order valence-electron chi connectivity index (χ3n) is 4.34. The van der Waals surface area contributed by atoms with E-state index >= 15 is 0 Å². The smallest absolute Gasteiger partial charge is 0.250 e. The molecule has 1 aliphatic heterocycles. The summed E-state index contributed by atoms with van der Waals surface area (Å²) in [7, 11) is 0. The standard InChI is InChI=1S/C22H24N2O/c25-22(23-15-14-19-10-4-1-5-11-19)18-21(20-12-6-2-7-13-20)24-16-8-3-9-17-24/h1-2,4-7,10-15,18H,3,8-9,16-17H2,(H,23,25)/b15-14+,21-18-. The van der Waals surface area contributed by atoms with E-state index in [9.17, 15) is 4.79 Å². The van der Waals surface area contributed by atoms with Gasteiger partial charge in [-0.15, -0.1) is 0 Å². The molecule has 1 aliphatic rings. The molecule has 0 aliphatic carbocycles. The molecule has 0 unspecified atom stereocenters. The minimum atomic E-state index is -0.100. The maximum absolute atomic E-state index is 12.4. The Morgan fingerprint density at radius 2 is 1.52 bits per heavy atom. The van der Waals surface area contributed by atoms with Crippen LogP contribution in [0.3, 0.4) is 0 Å². The van der Waals surface area contributed by atoms with E-state index in [-0.39, 0.29) is 5.91 Å². The lowest BCUT2D eigenvalue weighted by Gasteiger charge is -2.31. The number of likely N-dealkylation sites (tertiary alicyclic amines) is 1. The van der Waals surface area contributed by atoms with Gasteiger partial charge in [-0.3, -0.25) is 4.79 Å². The zero-order valence-electron chi connectivity index (χ0n) is 14.4. The van der Waals surface area contributed by atoms with Gasteiger partial charge in [-0.1, -0.05) is 60.7 Å². The Hall–Kier alpha value is -2.81. The first-order valence-corrected chi connectivity index (χ1v) is 8.87. The zero-order chi connectivity index (χ0) is 17.3. The first-order chi connectivity index (χ1) is 12.3. The summed E-state index contributed by atoms with van der Waals surface area (Å²) in [6.07, 6.45) is 8.95. The van der Waals surface area contributed by atoms with Crippen LogP contribution < -0.4 is 5.32 Å². The SMILES string of the molecule is O=C(/C=C(/c1ccccc1)N1CCCCC1)N/C=C/c1ccccc1. The Morgan fingerprint density at radius 1 is 0.880 bits per heavy atom. The predicted molar refractivity (Wildman–Crippen MR) is 103 cm³/mol. The molecule has 1 N–H and O–H groups in total. The van der Waals surface area contributed by atoms with Gasteiger partial charge in [0, 0.05) is 31.1 Å². The Morgan fingerprint density at radius 3 is 2.20 bits per heavy atom. The van der Waals surface area contributed by atoms with E-state index in [2.05, 4.69) is 22.3 Å². The maximum atomic E-state index is 12.4. The van der Waals surface area contributed by atoms with Crippen LogP contribution in [0.25, 0.3) is 11.8 Å². The van der Waals surface area contributed by atoms with Gasteiger partial charge in [0.1, 0.15) is 0 Å². The summed E-state index contributed by atoms with van der Waals surface area (Å²) >= 11 is 0. The fraction of sp³-hybridized carbons (Fsp3) is 0.227. The average Bonchev–Trinajstić information content (AvgIpc) is 2.68. The number of nitrogens with one attached hydrogen (secondary N) is 1. The summed E-state index contributed by atoms with van der Waals surface area (Å²) in [4.78, 5) is 14.7. The third kappa shape index (κ3) is 5.08. The van der Waals surface area contributed by atoms with E-state index in [1.807, 2.05) is 54.6 Å². The van der Waals surface area contributed by atoms with Gasteiger partial charge in [0.05, 0.1) is 0 Å². The van der Waals surface area contributed by atoms with Gasteiger partial charge in [0.15, 0.2) is 0 Å². The van der Waals surface area contributed by atoms with Gasteiger partial charge >= 0.3 is 0 Å². The minimum absolute atomic E-state index is 0.100. The molecule has 0 saturated carbocycles. The highest BCUT2D eigenvalue weighted by Gasteiger charge is 2.15. The number of carbonyl (C=O) groups excluding carboxylic acids is 1. The van der Waals surface area contributed by atoms with Crippen molar-refractivity contribution in [1.82, 2.24) is 10.2 Å². The van der Waals surface area contributed by atoms with E-state index in [0.29, 0.717) is 0 Å². The summed E-state index contributed by atoms with van der Waals surface area (Å²) in [5.74, 6) is -0.100. The van der Waals surface area contributed by atoms with Crippen LogP contribution in [0.5, 0.6) is 0 Å². The highest BCUT2D eigenvalue weighted by molar-refractivity contribution is 5.95. The average molecular weight is 332 g/mol. The van der Waals surface area contributed by atoms with Crippen LogP contribution in [0.1, 0.15) is 30.4 Å². The van der Waals surface area contributed by atoms with Crippen LogP contribution in [-0.4, -0.2) is 23.9 Å². The number of hydrogen-bond acceptors (Lipinski definition) is 2. The van der Waals surface area contributed by atoms with Crippen molar-refractivity contribution >= 4 is 17.7 Å². The molecule has 0 radical (unpaired) electrons. The van der Waals surface area contributed by atoms with Crippen LogP contribution in [0.2, 0.25) is 0 Å². The van der Waals surface area contributed by atoms with Crippen molar-refractivity contribution in [2.45, 2.75) is 19.3 Å². The van der Waals surface area contributed by atoms with Crippen LogP contribution >= 0.6 is 0 Å². The third-order valence-corrected chi connectivity index (χ3v) is 4.34.